The van der Waals surface area contributed by atoms with Gasteiger partial charge in [0.15, 0.2) is 0 Å². The van der Waals surface area contributed by atoms with Crippen molar-refractivity contribution >= 4 is 11.4 Å². The molecule has 0 aliphatic carbocycles. The number of benzene rings is 1. The van der Waals surface area contributed by atoms with Crippen LogP contribution in [0.5, 0.6) is 0 Å². The average molecular weight is 272 g/mol. The van der Waals surface area contributed by atoms with E-state index in [9.17, 15) is 26.3 Å². The summed E-state index contributed by atoms with van der Waals surface area (Å²) < 4.78 is 73.3. The molecule has 1 aromatic rings. The highest BCUT2D eigenvalue weighted by Crippen LogP contribution is 2.36. The lowest BCUT2D eigenvalue weighted by atomic mass is 10.1. The Bertz CT molecular complexity index is 410. The molecule has 18 heavy (non-hydrogen) atoms. The van der Waals surface area contributed by atoms with Crippen molar-refractivity contribution in [3.05, 3.63) is 23.8 Å². The highest BCUT2D eigenvalue weighted by atomic mass is 19.4. The highest BCUT2D eigenvalue weighted by molar-refractivity contribution is 5.59. The Morgan fingerprint density at radius 2 is 1.67 bits per heavy atom. The van der Waals surface area contributed by atoms with Crippen LogP contribution >= 0.6 is 0 Å². The first kappa shape index (κ1) is 14.5. The van der Waals surface area contributed by atoms with Crippen molar-refractivity contribution in [2.45, 2.75) is 18.8 Å². The molecule has 0 spiro atoms. The summed E-state index contributed by atoms with van der Waals surface area (Å²) in [7, 11) is 0. The van der Waals surface area contributed by atoms with E-state index in [0.29, 0.717) is 6.07 Å². The van der Waals surface area contributed by atoms with Crippen LogP contribution in [0.25, 0.3) is 0 Å². The Hall–Kier alpha value is -1.60. The van der Waals surface area contributed by atoms with E-state index in [4.69, 9.17) is 5.73 Å². The maximum Gasteiger partial charge on any atom is 0.418 e. The van der Waals surface area contributed by atoms with E-state index in [-0.39, 0.29) is 5.69 Å². The first-order valence-corrected chi connectivity index (χ1v) is 4.87. The second-order valence-corrected chi connectivity index (χ2v) is 3.59. The Morgan fingerprint density at radius 3 is 2.17 bits per heavy atom. The summed E-state index contributed by atoms with van der Waals surface area (Å²) in [5.74, 6) is 0. The Kier molecular flexibility index (Phi) is 3.98. The molecular formula is C10H10F6N2. The normalized spacial score (nSPS) is 12.6. The number of nitrogen functional groups attached to an aromatic ring is 1. The third-order valence-corrected chi connectivity index (χ3v) is 2.07. The number of hydrogen-bond acceptors (Lipinski definition) is 2. The van der Waals surface area contributed by atoms with Crippen LogP contribution in [-0.2, 0) is 6.18 Å². The minimum absolute atomic E-state index is 0.108. The summed E-state index contributed by atoms with van der Waals surface area (Å²) in [6, 6.07) is 2.87. The summed E-state index contributed by atoms with van der Waals surface area (Å²) >= 11 is 0. The molecule has 0 heterocycles. The molecule has 0 amide bonds. The summed E-state index contributed by atoms with van der Waals surface area (Å²) in [4.78, 5) is 0. The molecule has 0 radical (unpaired) electrons. The van der Waals surface area contributed by atoms with Gasteiger partial charge < -0.3 is 11.1 Å². The van der Waals surface area contributed by atoms with Crippen LogP contribution in [-0.4, -0.2) is 12.7 Å². The molecule has 1 aromatic carbocycles. The van der Waals surface area contributed by atoms with Crippen LogP contribution in [0.15, 0.2) is 18.2 Å². The van der Waals surface area contributed by atoms with Crippen LogP contribution < -0.4 is 11.1 Å². The van der Waals surface area contributed by atoms with Crippen molar-refractivity contribution in [3.8, 4) is 0 Å². The topological polar surface area (TPSA) is 38.0 Å². The number of hydrogen-bond donors (Lipinski definition) is 2. The van der Waals surface area contributed by atoms with Gasteiger partial charge in [-0.3, -0.25) is 0 Å². The number of nitrogens with one attached hydrogen (secondary N) is 1. The molecule has 8 heteroatoms. The molecule has 2 nitrogen and oxygen atoms in total. The van der Waals surface area contributed by atoms with Gasteiger partial charge in [0.05, 0.1) is 12.0 Å². The van der Waals surface area contributed by atoms with Gasteiger partial charge in [-0.05, 0) is 18.2 Å². The fraction of sp³-hybridized carbons (Fsp3) is 0.400. The lowest BCUT2D eigenvalue weighted by Gasteiger charge is -2.15. The molecule has 102 valence electrons. The zero-order valence-corrected chi connectivity index (χ0v) is 8.99. The number of halogens is 6. The van der Waals surface area contributed by atoms with E-state index in [1.54, 1.807) is 0 Å². The quantitative estimate of drug-likeness (QED) is 0.651. The molecule has 3 N–H and O–H groups in total. The SMILES string of the molecule is Nc1ccc(NCCC(F)(F)F)c(C(F)(F)F)c1. The molecule has 0 bridgehead atoms. The summed E-state index contributed by atoms with van der Waals surface area (Å²) in [6.45, 7) is -0.628. The van der Waals surface area contributed by atoms with Crippen molar-refractivity contribution in [1.82, 2.24) is 0 Å². The first-order valence-electron chi connectivity index (χ1n) is 4.87. The molecule has 0 unspecified atom stereocenters. The molecule has 0 atom stereocenters. The van der Waals surface area contributed by atoms with Gasteiger partial charge in [-0.25, -0.2) is 0 Å². The number of anilines is 2. The van der Waals surface area contributed by atoms with Gasteiger partial charge in [0, 0.05) is 17.9 Å². The summed E-state index contributed by atoms with van der Waals surface area (Å²) in [5, 5.41) is 2.11. The van der Waals surface area contributed by atoms with E-state index in [1.165, 1.54) is 6.07 Å². The Labute approximate surface area is 98.8 Å². The van der Waals surface area contributed by atoms with Gasteiger partial charge in [0.2, 0.25) is 0 Å². The fourth-order valence-electron chi connectivity index (χ4n) is 1.29. The van der Waals surface area contributed by atoms with Crippen LogP contribution in [0.2, 0.25) is 0 Å². The minimum Gasteiger partial charge on any atom is -0.399 e. The van der Waals surface area contributed by atoms with E-state index >= 15 is 0 Å². The van der Waals surface area contributed by atoms with Crippen molar-refractivity contribution in [2.24, 2.45) is 0 Å². The van der Waals surface area contributed by atoms with Crippen LogP contribution in [0.4, 0.5) is 37.7 Å². The molecule has 1 rings (SSSR count). The van der Waals surface area contributed by atoms with Crippen LogP contribution in [0.3, 0.4) is 0 Å². The van der Waals surface area contributed by atoms with Crippen molar-refractivity contribution in [3.63, 3.8) is 0 Å². The maximum absolute atomic E-state index is 12.6. The molecule has 0 fully saturated rings. The highest BCUT2D eigenvalue weighted by Gasteiger charge is 2.34. The zero-order valence-electron chi connectivity index (χ0n) is 8.99. The Morgan fingerprint density at radius 1 is 1.06 bits per heavy atom. The van der Waals surface area contributed by atoms with Gasteiger partial charge in [-0.15, -0.1) is 0 Å². The monoisotopic (exact) mass is 272 g/mol. The fourth-order valence-corrected chi connectivity index (χ4v) is 1.29. The molecular weight excluding hydrogens is 262 g/mol. The van der Waals surface area contributed by atoms with Crippen molar-refractivity contribution in [1.29, 1.82) is 0 Å². The number of nitrogens with two attached hydrogens (primary N) is 1. The predicted octanol–water partition coefficient (Wildman–Crippen LogP) is 3.65. The second kappa shape index (κ2) is 4.95. The number of rotatable bonds is 3. The molecule has 0 saturated carbocycles. The van der Waals surface area contributed by atoms with Gasteiger partial charge in [0.25, 0.3) is 0 Å². The standard InChI is InChI=1S/C10H10F6N2/c11-9(12,13)3-4-18-8-2-1-6(17)5-7(8)10(14,15)16/h1-2,5,18H,3-4,17H2. The van der Waals surface area contributed by atoms with Gasteiger partial charge >= 0.3 is 12.4 Å². The first-order chi connectivity index (χ1) is 8.09. The van der Waals surface area contributed by atoms with E-state index < -0.39 is 36.6 Å². The van der Waals surface area contributed by atoms with Crippen LogP contribution in [0.1, 0.15) is 12.0 Å². The van der Waals surface area contributed by atoms with Gasteiger partial charge in [-0.1, -0.05) is 0 Å². The van der Waals surface area contributed by atoms with Crippen molar-refractivity contribution in [2.75, 3.05) is 17.6 Å². The van der Waals surface area contributed by atoms with Gasteiger partial charge in [-0.2, -0.15) is 26.3 Å². The van der Waals surface area contributed by atoms with E-state index in [2.05, 4.69) is 5.32 Å². The molecule has 0 aliphatic rings. The maximum atomic E-state index is 12.6. The number of alkyl halides is 6. The lowest BCUT2D eigenvalue weighted by Crippen LogP contribution is -2.17. The summed E-state index contributed by atoms with van der Waals surface area (Å²) in [6.07, 6.45) is -10.3. The average Bonchev–Trinajstić information content (AvgIpc) is 2.17. The lowest BCUT2D eigenvalue weighted by molar-refractivity contribution is -0.136. The predicted molar refractivity (Wildman–Crippen MR) is 55.0 cm³/mol. The summed E-state index contributed by atoms with van der Waals surface area (Å²) in [5.41, 5.74) is 3.61. The van der Waals surface area contributed by atoms with Crippen LogP contribution in [0, 0.1) is 0 Å². The largest absolute Gasteiger partial charge is 0.418 e. The third-order valence-electron chi connectivity index (χ3n) is 2.07. The smallest absolute Gasteiger partial charge is 0.399 e. The molecule has 0 saturated heterocycles. The molecule has 0 aromatic heterocycles. The zero-order chi connectivity index (χ0) is 14.0. The molecule has 0 aliphatic heterocycles. The Balaban J connectivity index is 2.83. The van der Waals surface area contributed by atoms with Gasteiger partial charge in [0.1, 0.15) is 0 Å². The second-order valence-electron chi connectivity index (χ2n) is 3.59. The third kappa shape index (κ3) is 4.34. The van der Waals surface area contributed by atoms with Crippen molar-refractivity contribution < 1.29 is 26.3 Å². The minimum atomic E-state index is -4.67. The van der Waals surface area contributed by atoms with E-state index in [0.717, 1.165) is 6.07 Å². The van der Waals surface area contributed by atoms with E-state index in [1.807, 2.05) is 0 Å².